The lowest BCUT2D eigenvalue weighted by Gasteiger charge is -2.24. The molecule has 1 unspecified atom stereocenters. The summed E-state index contributed by atoms with van der Waals surface area (Å²) in [4.78, 5) is 35.3. The average Bonchev–Trinajstić information content (AvgIpc) is 3.16. The molecule has 0 saturated heterocycles. The van der Waals surface area contributed by atoms with E-state index >= 15 is 0 Å². The van der Waals surface area contributed by atoms with Gasteiger partial charge in [0.05, 0.1) is 40.0 Å². The molecule has 0 fully saturated rings. The zero-order valence-electron chi connectivity index (χ0n) is 36.5. The summed E-state index contributed by atoms with van der Waals surface area (Å²) in [6, 6.07) is 0. The number of unbranched alkanes of at least 4 members (excludes halogenated alkanes) is 10. The Hall–Kier alpha value is -2.89. The van der Waals surface area contributed by atoms with Crippen molar-refractivity contribution in [3.8, 4) is 0 Å². The van der Waals surface area contributed by atoms with Crippen LogP contribution >= 0.6 is 7.82 Å². The number of phosphoric ester groups is 1. The van der Waals surface area contributed by atoms with E-state index in [0.717, 1.165) is 44.9 Å². The van der Waals surface area contributed by atoms with Crippen LogP contribution in [-0.4, -0.2) is 97.3 Å². The third kappa shape index (κ3) is 39.9. The zero-order valence-corrected chi connectivity index (χ0v) is 37.4. The highest BCUT2D eigenvalue weighted by Crippen LogP contribution is 2.43. The number of allylic oxidation sites excluding steroid dienone is 10. The number of hydrogen-bond acceptors (Lipinski definition) is 9. The van der Waals surface area contributed by atoms with Gasteiger partial charge in [-0.15, -0.1) is 0 Å². The third-order valence-corrected chi connectivity index (χ3v) is 9.57. The van der Waals surface area contributed by atoms with Crippen molar-refractivity contribution in [2.75, 3.05) is 47.5 Å². The lowest BCUT2D eigenvalue weighted by Crippen LogP contribution is -2.37. The maximum Gasteiger partial charge on any atom is 0.472 e. The molecule has 58 heavy (non-hydrogen) atoms. The molecule has 12 heteroatoms. The predicted octanol–water partition coefficient (Wildman–Crippen LogP) is 9.96. The fourth-order valence-corrected chi connectivity index (χ4v) is 5.90. The summed E-state index contributed by atoms with van der Waals surface area (Å²) >= 11 is 0. The van der Waals surface area contributed by atoms with Crippen LogP contribution in [0, 0.1) is 0 Å². The largest absolute Gasteiger partial charge is 0.472 e. The summed E-state index contributed by atoms with van der Waals surface area (Å²) in [5.41, 5.74) is 0. The summed E-state index contributed by atoms with van der Waals surface area (Å²) in [6.45, 7) is 3.95. The predicted molar refractivity (Wildman–Crippen MR) is 236 cm³/mol. The molecular formula is C46H79NO10P+. The second kappa shape index (κ2) is 37.1. The first-order valence-electron chi connectivity index (χ1n) is 21.5. The topological polar surface area (TPSA) is 149 Å². The lowest BCUT2D eigenvalue weighted by molar-refractivity contribution is -0.870. The summed E-state index contributed by atoms with van der Waals surface area (Å²) in [5, 5.41) is 20.0. The number of carbonyl (C=O) groups is 2. The Morgan fingerprint density at radius 2 is 1.28 bits per heavy atom. The minimum atomic E-state index is -4.44. The van der Waals surface area contributed by atoms with Crippen LogP contribution < -0.4 is 0 Å². The Balaban J connectivity index is 4.67. The van der Waals surface area contributed by atoms with Gasteiger partial charge < -0.3 is 29.1 Å². The Labute approximate surface area is 351 Å². The third-order valence-electron chi connectivity index (χ3n) is 8.58. The number of quaternary nitrogens is 1. The van der Waals surface area contributed by atoms with Crippen LogP contribution in [0.2, 0.25) is 0 Å². The Bertz CT molecular complexity index is 1300. The Morgan fingerprint density at radius 3 is 1.95 bits per heavy atom. The van der Waals surface area contributed by atoms with Crippen LogP contribution in [-0.2, 0) is 32.7 Å². The first-order chi connectivity index (χ1) is 27.8. The van der Waals surface area contributed by atoms with Crippen molar-refractivity contribution in [1.29, 1.82) is 0 Å². The molecule has 332 valence electrons. The van der Waals surface area contributed by atoms with Crippen molar-refractivity contribution >= 4 is 19.8 Å². The molecular weight excluding hydrogens is 757 g/mol. The summed E-state index contributed by atoms with van der Waals surface area (Å²) in [5.74, 6) is -1.00. The summed E-state index contributed by atoms with van der Waals surface area (Å²) in [6.07, 6.45) is 40.0. The Morgan fingerprint density at radius 1 is 0.655 bits per heavy atom. The molecule has 0 heterocycles. The van der Waals surface area contributed by atoms with Crippen LogP contribution in [0.15, 0.2) is 85.1 Å². The van der Waals surface area contributed by atoms with E-state index in [-0.39, 0.29) is 26.1 Å². The van der Waals surface area contributed by atoms with Gasteiger partial charge in [-0.05, 0) is 64.2 Å². The van der Waals surface area contributed by atoms with Gasteiger partial charge in [0.1, 0.15) is 19.8 Å². The molecule has 0 aliphatic rings. The summed E-state index contributed by atoms with van der Waals surface area (Å²) < 4.78 is 34.1. The molecule has 0 aliphatic carbocycles. The van der Waals surface area contributed by atoms with Gasteiger partial charge in [-0.1, -0.05) is 137 Å². The van der Waals surface area contributed by atoms with E-state index in [2.05, 4.69) is 26.0 Å². The van der Waals surface area contributed by atoms with E-state index in [0.29, 0.717) is 43.1 Å². The number of esters is 2. The number of hydrogen-bond donors (Lipinski definition) is 3. The van der Waals surface area contributed by atoms with Gasteiger partial charge in [0, 0.05) is 12.8 Å². The molecule has 4 atom stereocenters. The van der Waals surface area contributed by atoms with E-state index in [1.54, 1.807) is 30.4 Å². The molecule has 0 aliphatic heterocycles. The van der Waals surface area contributed by atoms with Crippen molar-refractivity contribution in [1.82, 2.24) is 0 Å². The number of aliphatic hydroxyl groups is 2. The minimum absolute atomic E-state index is 0.0121. The molecule has 0 saturated carbocycles. The highest BCUT2D eigenvalue weighted by molar-refractivity contribution is 7.47. The van der Waals surface area contributed by atoms with Crippen molar-refractivity contribution < 1.29 is 52.3 Å². The molecule has 0 aromatic rings. The highest BCUT2D eigenvalue weighted by Gasteiger charge is 2.27. The van der Waals surface area contributed by atoms with Crippen LogP contribution in [0.4, 0.5) is 0 Å². The number of aliphatic hydroxyl groups excluding tert-OH is 2. The van der Waals surface area contributed by atoms with Gasteiger partial charge in [-0.2, -0.15) is 0 Å². The second-order valence-corrected chi connectivity index (χ2v) is 16.8. The van der Waals surface area contributed by atoms with Crippen molar-refractivity contribution in [3.63, 3.8) is 0 Å². The molecule has 0 spiro atoms. The van der Waals surface area contributed by atoms with Crippen molar-refractivity contribution in [3.05, 3.63) is 85.1 Å². The second-order valence-electron chi connectivity index (χ2n) is 15.4. The maximum atomic E-state index is 12.7. The number of ether oxygens (including phenoxy) is 2. The normalized spacial score (nSPS) is 15.5. The van der Waals surface area contributed by atoms with Gasteiger partial charge in [0.15, 0.2) is 6.10 Å². The molecule has 11 nitrogen and oxygen atoms in total. The molecule has 3 N–H and O–H groups in total. The number of rotatable bonds is 37. The zero-order chi connectivity index (χ0) is 43.2. The number of carbonyl (C=O) groups excluding carboxylic acids is 2. The van der Waals surface area contributed by atoms with Crippen LogP contribution in [0.1, 0.15) is 129 Å². The van der Waals surface area contributed by atoms with E-state index in [9.17, 15) is 29.3 Å². The molecule has 0 aromatic carbocycles. The smallest absolute Gasteiger partial charge is 0.462 e. The first kappa shape index (κ1) is 55.1. The van der Waals surface area contributed by atoms with Gasteiger partial charge in [0.25, 0.3) is 0 Å². The number of likely N-dealkylation sites (N-methyl/N-ethyl adjacent to an activating group) is 1. The van der Waals surface area contributed by atoms with E-state index < -0.39 is 44.7 Å². The van der Waals surface area contributed by atoms with Gasteiger partial charge in [-0.25, -0.2) is 4.57 Å². The van der Waals surface area contributed by atoms with Crippen LogP contribution in [0.5, 0.6) is 0 Å². The Kier molecular flexibility index (Phi) is 35.3. The highest BCUT2D eigenvalue weighted by atomic mass is 31.2. The molecule has 0 aromatic heterocycles. The first-order valence-corrected chi connectivity index (χ1v) is 23.0. The van der Waals surface area contributed by atoms with Gasteiger partial charge in [0.2, 0.25) is 0 Å². The van der Waals surface area contributed by atoms with Crippen LogP contribution in [0.25, 0.3) is 0 Å². The fourth-order valence-electron chi connectivity index (χ4n) is 5.16. The van der Waals surface area contributed by atoms with Crippen LogP contribution in [0.3, 0.4) is 0 Å². The average molecular weight is 837 g/mol. The SMILES string of the molecule is CC/C=C\C[C@H](O)/C=C/C=C\C/C=C\C=C\[C@H](O)/C=C\CCCC(=O)O[C@H](COC(=O)CCCCCCC/C=C\CCCCCC)COP(=O)(O)OCC[N+](C)(C)C. The van der Waals surface area contributed by atoms with E-state index in [1.807, 2.05) is 63.7 Å². The van der Waals surface area contributed by atoms with Crippen molar-refractivity contribution in [2.45, 2.75) is 148 Å². The number of nitrogens with zero attached hydrogens (tertiary/aromatic N) is 1. The number of phosphoric acid groups is 1. The maximum absolute atomic E-state index is 12.7. The molecule has 0 bridgehead atoms. The molecule has 0 rings (SSSR count). The minimum Gasteiger partial charge on any atom is -0.462 e. The molecule has 0 amide bonds. The standard InChI is InChI=1S/C46H78NO10P/c1-6-8-10-11-12-13-14-15-16-17-21-24-30-36-45(50)54-40-44(41-56-58(52,53)55-39-38-47(3,4)5)57-46(51)37-31-25-29-35-43(49)34-28-23-20-18-19-22-27-33-42(48)32-26-9-7-2/h9,13-14,19-20,22-23,26-29,33-35,42-44,48-49H,6-8,10-12,15-18,21,24-25,30-32,36-41H2,1-5H3/p+1/b14-13-,22-19-,23-20-,26-9-,33-27+,34-28+,35-29-/t42-,43-,44+/m0/s1. The van der Waals surface area contributed by atoms with Gasteiger partial charge >= 0.3 is 19.8 Å². The van der Waals surface area contributed by atoms with E-state index in [4.69, 9.17) is 18.5 Å². The van der Waals surface area contributed by atoms with Gasteiger partial charge in [-0.3, -0.25) is 18.6 Å². The lowest BCUT2D eigenvalue weighted by atomic mass is 10.1. The summed E-state index contributed by atoms with van der Waals surface area (Å²) in [7, 11) is 1.33. The fraction of sp³-hybridized carbons (Fsp3) is 0.652. The monoisotopic (exact) mass is 837 g/mol. The van der Waals surface area contributed by atoms with E-state index in [1.165, 1.54) is 25.7 Å². The molecule has 0 radical (unpaired) electrons. The van der Waals surface area contributed by atoms with Crippen molar-refractivity contribution in [2.24, 2.45) is 0 Å². The quantitative estimate of drug-likeness (QED) is 0.0138.